The Kier molecular flexibility index (Phi) is 7.49. The van der Waals surface area contributed by atoms with E-state index < -0.39 is 17.4 Å². The number of primary amides is 1. The molecule has 2 aromatic rings. The SMILES string of the molecule is NC(=O)c1ccccc1OCCCCC1(F)CCN(C(=O)c2ccc(F)c(Cl)c2)CC1. The average Bonchev–Trinajstić information content (AvgIpc) is 2.75. The first-order valence-electron chi connectivity index (χ1n) is 10.2. The highest BCUT2D eigenvalue weighted by Crippen LogP contribution is 2.32. The Bertz CT molecular complexity index is 946. The number of carbonyl (C=O) groups is 2. The quantitative estimate of drug-likeness (QED) is 0.589. The summed E-state index contributed by atoms with van der Waals surface area (Å²) in [6, 6.07) is 10.6. The molecule has 0 unspecified atom stereocenters. The summed E-state index contributed by atoms with van der Waals surface area (Å²) in [7, 11) is 0. The van der Waals surface area contributed by atoms with E-state index in [1.807, 2.05) is 0 Å². The second kappa shape index (κ2) is 10.1. The van der Waals surface area contributed by atoms with Gasteiger partial charge in [0, 0.05) is 18.7 Å². The van der Waals surface area contributed by atoms with Crippen LogP contribution in [0.5, 0.6) is 5.75 Å². The number of likely N-dealkylation sites (tertiary alicyclic amines) is 1. The Morgan fingerprint density at radius 1 is 1.13 bits per heavy atom. The maximum Gasteiger partial charge on any atom is 0.253 e. The van der Waals surface area contributed by atoms with Gasteiger partial charge in [-0.25, -0.2) is 8.78 Å². The van der Waals surface area contributed by atoms with E-state index in [0.717, 1.165) is 6.07 Å². The lowest BCUT2D eigenvalue weighted by Gasteiger charge is -2.36. The van der Waals surface area contributed by atoms with Crippen LogP contribution in [0.15, 0.2) is 42.5 Å². The molecule has 0 bridgehead atoms. The maximum atomic E-state index is 15.1. The van der Waals surface area contributed by atoms with Crippen molar-refractivity contribution in [3.05, 3.63) is 64.4 Å². The molecular weight excluding hydrogens is 426 g/mol. The Morgan fingerprint density at radius 3 is 2.52 bits per heavy atom. The lowest BCUT2D eigenvalue weighted by atomic mass is 9.88. The van der Waals surface area contributed by atoms with Gasteiger partial charge in [0.1, 0.15) is 17.2 Å². The summed E-state index contributed by atoms with van der Waals surface area (Å²) in [5, 5.41) is -0.108. The molecule has 0 aromatic heterocycles. The number of ether oxygens (including phenoxy) is 1. The predicted molar refractivity (Wildman–Crippen MR) is 115 cm³/mol. The zero-order chi connectivity index (χ0) is 22.4. The van der Waals surface area contributed by atoms with Gasteiger partial charge >= 0.3 is 0 Å². The second-order valence-electron chi connectivity index (χ2n) is 7.74. The summed E-state index contributed by atoms with van der Waals surface area (Å²) in [4.78, 5) is 25.5. The molecule has 1 aliphatic rings. The Hall–Kier alpha value is -2.67. The van der Waals surface area contributed by atoms with Crippen molar-refractivity contribution in [3.63, 3.8) is 0 Å². The number of piperidine rings is 1. The summed E-state index contributed by atoms with van der Waals surface area (Å²) < 4.78 is 34.1. The molecule has 0 spiro atoms. The van der Waals surface area contributed by atoms with Crippen molar-refractivity contribution < 1.29 is 23.1 Å². The highest BCUT2D eigenvalue weighted by molar-refractivity contribution is 6.31. The maximum absolute atomic E-state index is 15.1. The van der Waals surface area contributed by atoms with Gasteiger partial charge in [-0.1, -0.05) is 23.7 Å². The largest absolute Gasteiger partial charge is 0.493 e. The van der Waals surface area contributed by atoms with Gasteiger partial charge in [-0.3, -0.25) is 9.59 Å². The smallest absolute Gasteiger partial charge is 0.253 e. The number of para-hydroxylation sites is 1. The van der Waals surface area contributed by atoms with E-state index in [-0.39, 0.29) is 23.8 Å². The molecule has 31 heavy (non-hydrogen) atoms. The molecule has 1 heterocycles. The van der Waals surface area contributed by atoms with Crippen LogP contribution >= 0.6 is 11.6 Å². The summed E-state index contributed by atoms with van der Waals surface area (Å²) >= 11 is 5.75. The fraction of sp³-hybridized carbons (Fsp3) is 0.391. The van der Waals surface area contributed by atoms with Crippen LogP contribution in [-0.2, 0) is 0 Å². The van der Waals surface area contributed by atoms with Gasteiger partial charge in [-0.15, -0.1) is 0 Å². The number of amides is 2. The van der Waals surface area contributed by atoms with Crippen LogP contribution in [0.1, 0.15) is 52.8 Å². The van der Waals surface area contributed by atoms with Gasteiger partial charge in [-0.05, 0) is 62.4 Å². The van der Waals surface area contributed by atoms with Crippen molar-refractivity contribution in [1.29, 1.82) is 0 Å². The fourth-order valence-electron chi connectivity index (χ4n) is 3.69. The van der Waals surface area contributed by atoms with Gasteiger partial charge in [0.2, 0.25) is 0 Å². The third-order valence-electron chi connectivity index (χ3n) is 5.54. The minimum Gasteiger partial charge on any atom is -0.493 e. The number of nitrogens with zero attached hydrogens (tertiary/aromatic N) is 1. The molecule has 2 aromatic carbocycles. The van der Waals surface area contributed by atoms with Crippen molar-refractivity contribution >= 4 is 23.4 Å². The predicted octanol–water partition coefficient (Wildman–Crippen LogP) is 4.77. The van der Waals surface area contributed by atoms with E-state index >= 15 is 4.39 Å². The molecule has 5 nitrogen and oxygen atoms in total. The standard InChI is InChI=1S/C23H25ClF2N2O3/c24-18-15-16(7-8-19(18)25)22(30)28-12-10-23(26,11-13-28)9-3-4-14-31-20-6-2-1-5-17(20)21(27)29/h1-2,5-8,15H,3-4,9-14H2,(H2,27,29). The Labute approximate surface area is 185 Å². The fourth-order valence-corrected chi connectivity index (χ4v) is 3.87. The zero-order valence-corrected chi connectivity index (χ0v) is 17.8. The average molecular weight is 451 g/mol. The van der Waals surface area contributed by atoms with E-state index in [9.17, 15) is 14.0 Å². The highest BCUT2D eigenvalue weighted by Gasteiger charge is 2.35. The topological polar surface area (TPSA) is 72.6 Å². The molecule has 0 saturated carbocycles. The molecule has 166 valence electrons. The first-order chi connectivity index (χ1) is 14.8. The monoisotopic (exact) mass is 450 g/mol. The molecule has 1 saturated heterocycles. The van der Waals surface area contributed by atoms with E-state index in [1.165, 1.54) is 12.1 Å². The van der Waals surface area contributed by atoms with Gasteiger partial charge < -0.3 is 15.4 Å². The lowest BCUT2D eigenvalue weighted by molar-refractivity contribution is 0.0382. The van der Waals surface area contributed by atoms with Crippen molar-refractivity contribution in [1.82, 2.24) is 4.90 Å². The van der Waals surface area contributed by atoms with E-state index in [2.05, 4.69) is 0 Å². The van der Waals surface area contributed by atoms with Crippen LogP contribution in [0.3, 0.4) is 0 Å². The highest BCUT2D eigenvalue weighted by atomic mass is 35.5. The molecule has 3 rings (SSSR count). The van der Waals surface area contributed by atoms with Crippen LogP contribution in [0, 0.1) is 5.82 Å². The molecule has 2 amide bonds. The molecule has 8 heteroatoms. The Morgan fingerprint density at radius 2 is 1.84 bits per heavy atom. The number of carbonyl (C=O) groups excluding carboxylic acids is 2. The summed E-state index contributed by atoms with van der Waals surface area (Å²) in [6.45, 7) is 0.954. The van der Waals surface area contributed by atoms with Crippen LogP contribution in [-0.4, -0.2) is 42.1 Å². The van der Waals surface area contributed by atoms with Crippen LogP contribution in [0.25, 0.3) is 0 Å². The molecule has 1 fully saturated rings. The second-order valence-corrected chi connectivity index (χ2v) is 8.15. The molecule has 0 radical (unpaired) electrons. The summed E-state index contributed by atoms with van der Waals surface area (Å²) in [5.41, 5.74) is 4.61. The number of alkyl halides is 1. The number of nitrogens with two attached hydrogens (primary N) is 1. The number of hydrogen-bond acceptors (Lipinski definition) is 3. The minimum absolute atomic E-state index is 0.108. The number of hydrogen-bond donors (Lipinski definition) is 1. The molecule has 0 aliphatic carbocycles. The third-order valence-corrected chi connectivity index (χ3v) is 5.83. The number of unbranched alkanes of at least 4 members (excludes halogenated alkanes) is 1. The van der Waals surface area contributed by atoms with Crippen molar-refractivity contribution in [2.24, 2.45) is 5.73 Å². The molecule has 2 N–H and O–H groups in total. The number of rotatable bonds is 8. The molecular formula is C23H25ClF2N2O3. The van der Waals surface area contributed by atoms with Gasteiger partial charge in [0.05, 0.1) is 17.2 Å². The van der Waals surface area contributed by atoms with Crippen molar-refractivity contribution in [2.75, 3.05) is 19.7 Å². The van der Waals surface area contributed by atoms with Gasteiger partial charge in [-0.2, -0.15) is 0 Å². The van der Waals surface area contributed by atoms with Crippen molar-refractivity contribution in [3.8, 4) is 5.75 Å². The van der Waals surface area contributed by atoms with E-state index in [1.54, 1.807) is 29.2 Å². The Balaban J connectivity index is 1.42. The first kappa shape index (κ1) is 23.0. The molecule has 0 atom stereocenters. The summed E-state index contributed by atoms with van der Waals surface area (Å²) in [6.07, 6.45) is 2.13. The minimum atomic E-state index is -1.33. The number of halogens is 3. The zero-order valence-electron chi connectivity index (χ0n) is 17.1. The van der Waals surface area contributed by atoms with Crippen LogP contribution in [0.4, 0.5) is 8.78 Å². The van der Waals surface area contributed by atoms with Gasteiger partial charge in [0.25, 0.3) is 11.8 Å². The number of benzene rings is 2. The molecule has 1 aliphatic heterocycles. The normalized spacial score (nSPS) is 15.5. The first-order valence-corrected chi connectivity index (χ1v) is 10.6. The third kappa shape index (κ3) is 5.94. The van der Waals surface area contributed by atoms with Crippen molar-refractivity contribution in [2.45, 2.75) is 37.8 Å². The summed E-state index contributed by atoms with van der Waals surface area (Å²) in [5.74, 6) is -0.979. The van der Waals surface area contributed by atoms with Crippen LogP contribution in [0.2, 0.25) is 5.02 Å². The van der Waals surface area contributed by atoms with Crippen LogP contribution < -0.4 is 10.5 Å². The van der Waals surface area contributed by atoms with E-state index in [4.69, 9.17) is 22.1 Å². The lowest BCUT2D eigenvalue weighted by Crippen LogP contribution is -2.44. The van der Waals surface area contributed by atoms with Gasteiger partial charge in [0.15, 0.2) is 0 Å². The van der Waals surface area contributed by atoms with E-state index in [0.29, 0.717) is 55.8 Å².